The standard InChI is InChI=1S/C13H12F2N2O3/c1-7-3-4-12(20-7)8(2)16-11-6-9(14)5-10(15)13(11)17(18)19/h3-6,8,16H,1-2H3. The van der Waals surface area contributed by atoms with Crippen LogP contribution < -0.4 is 5.32 Å². The molecule has 0 fully saturated rings. The van der Waals surface area contributed by atoms with Gasteiger partial charge in [-0.3, -0.25) is 10.1 Å². The van der Waals surface area contributed by atoms with Gasteiger partial charge in [0.2, 0.25) is 5.82 Å². The summed E-state index contributed by atoms with van der Waals surface area (Å²) >= 11 is 0. The quantitative estimate of drug-likeness (QED) is 0.681. The van der Waals surface area contributed by atoms with Gasteiger partial charge in [0.25, 0.3) is 0 Å². The molecule has 0 amide bonds. The maximum absolute atomic E-state index is 13.5. The first-order valence-electron chi connectivity index (χ1n) is 5.85. The minimum absolute atomic E-state index is 0.228. The molecule has 1 aromatic heterocycles. The number of furan rings is 1. The summed E-state index contributed by atoms with van der Waals surface area (Å²) in [6.07, 6.45) is 0. The van der Waals surface area contributed by atoms with E-state index in [9.17, 15) is 18.9 Å². The molecule has 1 N–H and O–H groups in total. The number of hydrogen-bond donors (Lipinski definition) is 1. The van der Waals surface area contributed by atoms with Crippen LogP contribution in [0, 0.1) is 28.7 Å². The Morgan fingerprint density at radius 3 is 2.60 bits per heavy atom. The summed E-state index contributed by atoms with van der Waals surface area (Å²) in [4.78, 5) is 9.96. The van der Waals surface area contributed by atoms with Gasteiger partial charge in [0.15, 0.2) is 0 Å². The Labute approximate surface area is 113 Å². The van der Waals surface area contributed by atoms with Crippen LogP contribution >= 0.6 is 0 Å². The molecule has 0 aliphatic heterocycles. The maximum Gasteiger partial charge on any atom is 0.327 e. The van der Waals surface area contributed by atoms with Crippen LogP contribution in [0.1, 0.15) is 24.5 Å². The van der Waals surface area contributed by atoms with Crippen molar-refractivity contribution in [2.75, 3.05) is 5.32 Å². The molecule has 0 aliphatic rings. The van der Waals surface area contributed by atoms with Gasteiger partial charge in [0.1, 0.15) is 23.0 Å². The summed E-state index contributed by atoms with van der Waals surface area (Å²) in [5, 5.41) is 13.5. The highest BCUT2D eigenvalue weighted by molar-refractivity contribution is 5.62. The Balaban J connectivity index is 2.35. The van der Waals surface area contributed by atoms with Crippen molar-refractivity contribution in [1.82, 2.24) is 0 Å². The average molecular weight is 282 g/mol. The molecule has 2 rings (SSSR count). The molecule has 5 nitrogen and oxygen atoms in total. The second-order valence-corrected chi connectivity index (χ2v) is 4.36. The van der Waals surface area contributed by atoms with Gasteiger partial charge in [-0.25, -0.2) is 4.39 Å². The molecule has 2 aromatic rings. The van der Waals surface area contributed by atoms with Crippen molar-refractivity contribution in [2.45, 2.75) is 19.9 Å². The Morgan fingerprint density at radius 2 is 2.05 bits per heavy atom. The molecule has 0 radical (unpaired) electrons. The maximum atomic E-state index is 13.5. The first kappa shape index (κ1) is 14.0. The normalized spacial score (nSPS) is 12.2. The van der Waals surface area contributed by atoms with Gasteiger partial charge in [-0.15, -0.1) is 0 Å². The Bertz CT molecular complexity index is 655. The molecular weight excluding hydrogens is 270 g/mol. The summed E-state index contributed by atoms with van der Waals surface area (Å²) < 4.78 is 32.0. The number of benzene rings is 1. The van der Waals surface area contributed by atoms with Crippen molar-refractivity contribution >= 4 is 11.4 Å². The number of nitro benzene ring substituents is 1. The number of nitrogens with one attached hydrogen (secondary N) is 1. The SMILES string of the molecule is Cc1ccc(C(C)Nc2cc(F)cc(F)c2[N+](=O)[O-])o1. The van der Waals surface area contributed by atoms with Crippen LogP contribution in [0.2, 0.25) is 0 Å². The predicted octanol–water partition coefficient (Wildman–Crippen LogP) is 3.95. The highest BCUT2D eigenvalue weighted by Crippen LogP contribution is 2.32. The van der Waals surface area contributed by atoms with E-state index in [1.165, 1.54) is 0 Å². The molecular formula is C13H12F2N2O3. The zero-order chi connectivity index (χ0) is 14.9. The van der Waals surface area contributed by atoms with E-state index in [2.05, 4.69) is 5.32 Å². The largest absolute Gasteiger partial charge is 0.464 e. The van der Waals surface area contributed by atoms with Crippen LogP contribution in [0.25, 0.3) is 0 Å². The summed E-state index contributed by atoms with van der Waals surface area (Å²) in [7, 11) is 0. The highest BCUT2D eigenvalue weighted by atomic mass is 19.1. The number of rotatable bonds is 4. The number of halogens is 2. The van der Waals surface area contributed by atoms with Crippen molar-refractivity contribution in [3.8, 4) is 0 Å². The van der Waals surface area contributed by atoms with E-state index in [4.69, 9.17) is 4.42 Å². The van der Waals surface area contributed by atoms with E-state index in [-0.39, 0.29) is 5.69 Å². The Morgan fingerprint density at radius 1 is 1.35 bits per heavy atom. The fourth-order valence-electron chi connectivity index (χ4n) is 1.85. The second kappa shape index (κ2) is 5.28. The molecule has 106 valence electrons. The fraction of sp³-hybridized carbons (Fsp3) is 0.231. The number of hydrogen-bond acceptors (Lipinski definition) is 4. The minimum Gasteiger partial charge on any atom is -0.464 e. The molecule has 1 aromatic carbocycles. The van der Waals surface area contributed by atoms with Crippen LogP contribution in [0.15, 0.2) is 28.7 Å². The summed E-state index contributed by atoms with van der Waals surface area (Å²) in [6, 6.07) is 4.31. The lowest BCUT2D eigenvalue weighted by Crippen LogP contribution is -2.09. The van der Waals surface area contributed by atoms with E-state index in [0.29, 0.717) is 17.6 Å². The third-order valence-corrected chi connectivity index (χ3v) is 2.77. The van der Waals surface area contributed by atoms with Gasteiger partial charge >= 0.3 is 5.69 Å². The van der Waals surface area contributed by atoms with E-state index >= 15 is 0 Å². The first-order valence-corrected chi connectivity index (χ1v) is 5.85. The predicted molar refractivity (Wildman–Crippen MR) is 68.5 cm³/mol. The van der Waals surface area contributed by atoms with Crippen molar-refractivity contribution in [2.24, 2.45) is 0 Å². The zero-order valence-corrected chi connectivity index (χ0v) is 10.8. The van der Waals surface area contributed by atoms with Gasteiger partial charge in [-0.2, -0.15) is 4.39 Å². The van der Waals surface area contributed by atoms with Gasteiger partial charge in [-0.1, -0.05) is 0 Å². The van der Waals surface area contributed by atoms with Crippen molar-refractivity contribution < 1.29 is 18.1 Å². The van der Waals surface area contributed by atoms with Gasteiger partial charge in [0.05, 0.1) is 11.0 Å². The molecule has 20 heavy (non-hydrogen) atoms. The van der Waals surface area contributed by atoms with Crippen LogP contribution in [-0.2, 0) is 0 Å². The number of nitrogens with zero attached hydrogens (tertiary/aromatic N) is 1. The molecule has 1 heterocycles. The fourth-order valence-corrected chi connectivity index (χ4v) is 1.85. The van der Waals surface area contributed by atoms with Gasteiger partial charge < -0.3 is 9.73 Å². The lowest BCUT2D eigenvalue weighted by atomic mass is 10.2. The van der Waals surface area contributed by atoms with Crippen LogP contribution in [0.5, 0.6) is 0 Å². The van der Waals surface area contributed by atoms with Crippen LogP contribution in [-0.4, -0.2) is 4.92 Å². The number of aryl methyl sites for hydroxylation is 1. The summed E-state index contributed by atoms with van der Waals surface area (Å²) in [5.74, 6) is -0.922. The number of anilines is 1. The lowest BCUT2D eigenvalue weighted by Gasteiger charge is -2.13. The monoisotopic (exact) mass is 282 g/mol. The molecule has 0 saturated carbocycles. The van der Waals surface area contributed by atoms with E-state index in [1.54, 1.807) is 26.0 Å². The molecule has 7 heteroatoms. The lowest BCUT2D eigenvalue weighted by molar-refractivity contribution is -0.386. The molecule has 0 aliphatic carbocycles. The third-order valence-electron chi connectivity index (χ3n) is 2.77. The topological polar surface area (TPSA) is 68.3 Å². The number of nitro groups is 1. The average Bonchev–Trinajstić information content (AvgIpc) is 2.74. The molecule has 1 atom stereocenters. The second-order valence-electron chi connectivity index (χ2n) is 4.36. The Kier molecular flexibility index (Phi) is 3.69. The highest BCUT2D eigenvalue weighted by Gasteiger charge is 2.24. The van der Waals surface area contributed by atoms with E-state index in [1.807, 2.05) is 0 Å². The first-order chi connectivity index (χ1) is 9.38. The van der Waals surface area contributed by atoms with Gasteiger partial charge in [0, 0.05) is 12.1 Å². The molecule has 0 saturated heterocycles. The van der Waals surface area contributed by atoms with Crippen molar-refractivity contribution in [3.05, 3.63) is 57.5 Å². The zero-order valence-electron chi connectivity index (χ0n) is 10.8. The van der Waals surface area contributed by atoms with Gasteiger partial charge in [-0.05, 0) is 26.0 Å². The van der Waals surface area contributed by atoms with Crippen molar-refractivity contribution in [1.29, 1.82) is 0 Å². The van der Waals surface area contributed by atoms with E-state index < -0.39 is 28.3 Å². The minimum atomic E-state index is -1.22. The molecule has 0 bridgehead atoms. The van der Waals surface area contributed by atoms with Crippen LogP contribution in [0.4, 0.5) is 20.2 Å². The Hall–Kier alpha value is -2.44. The van der Waals surface area contributed by atoms with Crippen LogP contribution in [0.3, 0.4) is 0 Å². The van der Waals surface area contributed by atoms with E-state index in [0.717, 1.165) is 6.07 Å². The molecule has 1 unspecified atom stereocenters. The smallest absolute Gasteiger partial charge is 0.327 e. The van der Waals surface area contributed by atoms with Crippen molar-refractivity contribution in [3.63, 3.8) is 0 Å². The molecule has 0 spiro atoms. The summed E-state index contributed by atoms with van der Waals surface area (Å²) in [6.45, 7) is 3.42. The summed E-state index contributed by atoms with van der Waals surface area (Å²) in [5.41, 5.74) is -1.02. The third kappa shape index (κ3) is 2.76.